The molecule has 2 heterocycles. The SMILES string of the molecule is O=C(CSc1nnc2sc3ccccc3n12)NCc1cccc(Cl)c1. The van der Waals surface area contributed by atoms with Gasteiger partial charge in [0.2, 0.25) is 10.9 Å². The maximum absolute atomic E-state index is 12.1. The minimum atomic E-state index is -0.0544. The van der Waals surface area contributed by atoms with Crippen LogP contribution in [0.2, 0.25) is 5.02 Å². The van der Waals surface area contributed by atoms with Gasteiger partial charge in [-0.3, -0.25) is 9.20 Å². The van der Waals surface area contributed by atoms with Crippen molar-refractivity contribution in [3.63, 3.8) is 0 Å². The lowest BCUT2D eigenvalue weighted by molar-refractivity contribution is -0.118. The Kier molecular flexibility index (Phi) is 4.61. The first kappa shape index (κ1) is 16.4. The lowest BCUT2D eigenvalue weighted by Gasteiger charge is -2.05. The maximum atomic E-state index is 12.1. The summed E-state index contributed by atoms with van der Waals surface area (Å²) in [5, 5.41) is 12.7. The average molecular weight is 389 g/mol. The van der Waals surface area contributed by atoms with Gasteiger partial charge >= 0.3 is 0 Å². The van der Waals surface area contributed by atoms with E-state index in [1.165, 1.54) is 11.8 Å². The van der Waals surface area contributed by atoms with Crippen LogP contribution in [0.15, 0.2) is 53.7 Å². The molecule has 0 saturated carbocycles. The zero-order chi connectivity index (χ0) is 17.2. The van der Waals surface area contributed by atoms with Gasteiger partial charge in [-0.25, -0.2) is 0 Å². The number of thioether (sulfide) groups is 1. The molecule has 5 nitrogen and oxygen atoms in total. The Morgan fingerprint density at radius 1 is 1.20 bits per heavy atom. The number of amides is 1. The van der Waals surface area contributed by atoms with Crippen LogP contribution in [-0.2, 0) is 11.3 Å². The summed E-state index contributed by atoms with van der Waals surface area (Å²) >= 11 is 8.92. The van der Waals surface area contributed by atoms with Crippen molar-refractivity contribution in [1.82, 2.24) is 19.9 Å². The lowest BCUT2D eigenvalue weighted by atomic mass is 10.2. The number of thiazole rings is 1. The highest BCUT2D eigenvalue weighted by molar-refractivity contribution is 7.99. The molecule has 8 heteroatoms. The predicted molar refractivity (Wildman–Crippen MR) is 102 cm³/mol. The molecule has 1 amide bonds. The Balaban J connectivity index is 1.42. The number of hydrogen-bond acceptors (Lipinski definition) is 5. The van der Waals surface area contributed by atoms with Gasteiger partial charge in [0, 0.05) is 11.6 Å². The number of para-hydroxylation sites is 1. The summed E-state index contributed by atoms with van der Waals surface area (Å²) < 4.78 is 3.15. The van der Waals surface area contributed by atoms with Crippen LogP contribution in [-0.4, -0.2) is 26.3 Å². The van der Waals surface area contributed by atoms with Gasteiger partial charge in [0.05, 0.1) is 16.0 Å². The van der Waals surface area contributed by atoms with Crippen LogP contribution in [0.4, 0.5) is 0 Å². The van der Waals surface area contributed by atoms with Crippen LogP contribution in [0.3, 0.4) is 0 Å². The van der Waals surface area contributed by atoms with E-state index < -0.39 is 0 Å². The molecule has 4 rings (SSSR count). The summed E-state index contributed by atoms with van der Waals surface area (Å²) in [6, 6.07) is 15.5. The van der Waals surface area contributed by atoms with Gasteiger partial charge in [-0.15, -0.1) is 10.2 Å². The molecule has 0 spiro atoms. The molecule has 0 radical (unpaired) electrons. The van der Waals surface area contributed by atoms with E-state index in [-0.39, 0.29) is 11.7 Å². The predicted octanol–water partition coefficient (Wildman–Crippen LogP) is 4.01. The molecule has 2 aromatic heterocycles. The van der Waals surface area contributed by atoms with Crippen molar-refractivity contribution in [3.8, 4) is 0 Å². The van der Waals surface area contributed by atoms with E-state index >= 15 is 0 Å². The van der Waals surface area contributed by atoms with Gasteiger partial charge in [-0.2, -0.15) is 0 Å². The number of halogens is 1. The number of nitrogens with zero attached hydrogens (tertiary/aromatic N) is 3. The van der Waals surface area contributed by atoms with Crippen LogP contribution in [0, 0.1) is 0 Å². The van der Waals surface area contributed by atoms with Crippen LogP contribution in [0.5, 0.6) is 0 Å². The van der Waals surface area contributed by atoms with E-state index in [0.717, 1.165) is 25.9 Å². The highest BCUT2D eigenvalue weighted by Crippen LogP contribution is 2.29. The van der Waals surface area contributed by atoms with E-state index in [4.69, 9.17) is 11.6 Å². The number of nitrogens with one attached hydrogen (secondary N) is 1. The Labute approximate surface area is 157 Å². The van der Waals surface area contributed by atoms with Gasteiger partial charge in [0.1, 0.15) is 0 Å². The Hall–Kier alpha value is -2.09. The van der Waals surface area contributed by atoms with Crippen molar-refractivity contribution in [2.24, 2.45) is 0 Å². The van der Waals surface area contributed by atoms with Crippen molar-refractivity contribution in [2.45, 2.75) is 11.7 Å². The maximum Gasteiger partial charge on any atom is 0.230 e. The molecular formula is C17H13ClN4OS2. The number of carbonyl (C=O) groups is 1. The molecule has 0 aliphatic heterocycles. The second-order valence-electron chi connectivity index (χ2n) is 5.37. The van der Waals surface area contributed by atoms with Crippen molar-refractivity contribution in [2.75, 3.05) is 5.75 Å². The van der Waals surface area contributed by atoms with Gasteiger partial charge in [-0.05, 0) is 29.8 Å². The third kappa shape index (κ3) is 3.49. The molecule has 4 aromatic rings. The number of fused-ring (bicyclic) bond motifs is 3. The summed E-state index contributed by atoms with van der Waals surface area (Å²) in [4.78, 5) is 13.0. The number of rotatable bonds is 5. The molecule has 1 N–H and O–H groups in total. The molecule has 0 saturated heterocycles. The quantitative estimate of drug-likeness (QED) is 0.525. The number of aromatic nitrogens is 3. The summed E-state index contributed by atoms with van der Waals surface area (Å²) in [6.07, 6.45) is 0. The average Bonchev–Trinajstić information content (AvgIpc) is 3.17. The molecule has 126 valence electrons. The Bertz CT molecular complexity index is 1060. The number of benzene rings is 2. The van der Waals surface area contributed by atoms with Crippen LogP contribution in [0.1, 0.15) is 5.56 Å². The van der Waals surface area contributed by atoms with Gasteiger partial charge < -0.3 is 5.32 Å². The molecule has 0 aliphatic rings. The highest BCUT2D eigenvalue weighted by Gasteiger charge is 2.13. The smallest absolute Gasteiger partial charge is 0.230 e. The molecule has 0 unspecified atom stereocenters. The lowest BCUT2D eigenvalue weighted by Crippen LogP contribution is -2.24. The summed E-state index contributed by atoms with van der Waals surface area (Å²) in [7, 11) is 0. The van der Waals surface area contributed by atoms with E-state index in [1.54, 1.807) is 11.3 Å². The molecule has 0 atom stereocenters. The zero-order valence-corrected chi connectivity index (χ0v) is 15.4. The molecular weight excluding hydrogens is 376 g/mol. The second kappa shape index (κ2) is 7.03. The van der Waals surface area contributed by atoms with Gasteiger partial charge in [-0.1, -0.05) is 59.0 Å². The second-order valence-corrected chi connectivity index (χ2v) is 7.75. The summed E-state index contributed by atoms with van der Waals surface area (Å²) in [5.41, 5.74) is 2.04. The normalized spacial score (nSPS) is 11.2. The molecule has 0 fully saturated rings. The Morgan fingerprint density at radius 3 is 2.96 bits per heavy atom. The minimum absolute atomic E-state index is 0.0544. The van der Waals surface area contributed by atoms with E-state index in [0.29, 0.717) is 11.6 Å². The monoisotopic (exact) mass is 388 g/mol. The summed E-state index contributed by atoms with van der Waals surface area (Å²) in [6.45, 7) is 0.455. The van der Waals surface area contributed by atoms with Crippen molar-refractivity contribution < 1.29 is 4.79 Å². The molecule has 0 bridgehead atoms. The van der Waals surface area contributed by atoms with Crippen LogP contribution >= 0.6 is 34.7 Å². The molecule has 2 aromatic carbocycles. The number of hydrogen-bond donors (Lipinski definition) is 1. The van der Waals surface area contributed by atoms with Crippen LogP contribution < -0.4 is 5.32 Å². The van der Waals surface area contributed by atoms with Crippen molar-refractivity contribution in [3.05, 3.63) is 59.1 Å². The number of carbonyl (C=O) groups excluding carboxylic acids is 1. The fourth-order valence-electron chi connectivity index (χ4n) is 2.48. The van der Waals surface area contributed by atoms with Crippen molar-refractivity contribution >= 4 is 55.8 Å². The topological polar surface area (TPSA) is 59.3 Å². The zero-order valence-electron chi connectivity index (χ0n) is 13.0. The fourth-order valence-corrected chi connectivity index (χ4v) is 4.49. The minimum Gasteiger partial charge on any atom is -0.351 e. The fraction of sp³-hybridized carbons (Fsp3) is 0.118. The first-order valence-corrected chi connectivity index (χ1v) is 9.75. The standard InChI is InChI=1S/C17H13ClN4OS2/c18-12-5-3-4-11(8-12)9-19-15(23)10-24-16-20-21-17-22(16)13-6-1-2-7-14(13)25-17/h1-8H,9-10H2,(H,19,23). The van der Waals surface area contributed by atoms with Gasteiger partial charge in [0.25, 0.3) is 0 Å². The largest absolute Gasteiger partial charge is 0.351 e. The van der Waals surface area contributed by atoms with Crippen molar-refractivity contribution in [1.29, 1.82) is 0 Å². The first-order chi connectivity index (χ1) is 12.2. The highest BCUT2D eigenvalue weighted by atomic mass is 35.5. The Morgan fingerprint density at radius 2 is 2.08 bits per heavy atom. The van der Waals surface area contributed by atoms with E-state index in [1.807, 2.05) is 46.9 Å². The first-order valence-electron chi connectivity index (χ1n) is 7.57. The van der Waals surface area contributed by atoms with E-state index in [9.17, 15) is 4.79 Å². The van der Waals surface area contributed by atoms with E-state index in [2.05, 4.69) is 21.6 Å². The van der Waals surface area contributed by atoms with Gasteiger partial charge in [0.15, 0.2) is 5.16 Å². The summed E-state index contributed by atoms with van der Waals surface area (Å²) in [5.74, 6) is 0.229. The molecule has 0 aliphatic carbocycles. The van der Waals surface area contributed by atoms with Crippen LogP contribution in [0.25, 0.3) is 15.2 Å². The molecule has 25 heavy (non-hydrogen) atoms. The third-order valence-corrected chi connectivity index (χ3v) is 5.80. The third-order valence-electron chi connectivity index (χ3n) is 3.62.